The molecule has 2 aliphatic heterocycles. The molecule has 108 valence electrons. The van der Waals surface area contributed by atoms with Gasteiger partial charge in [-0.05, 0) is 30.1 Å². The van der Waals surface area contributed by atoms with E-state index in [0.29, 0.717) is 6.04 Å². The Labute approximate surface area is 124 Å². The SMILES string of the molecule is C=CC1=C(/C(C=C)=C\CC)C(=C)C2C=CCCN12.CC. The fourth-order valence-electron chi connectivity index (χ4n) is 2.77. The first kappa shape index (κ1) is 16.3. The van der Waals surface area contributed by atoms with Crippen LogP contribution in [0.1, 0.15) is 33.6 Å². The maximum Gasteiger partial charge on any atom is 0.0727 e. The minimum atomic E-state index is 0.307. The third kappa shape index (κ3) is 2.87. The Morgan fingerprint density at radius 3 is 2.65 bits per heavy atom. The van der Waals surface area contributed by atoms with Gasteiger partial charge in [-0.25, -0.2) is 0 Å². The van der Waals surface area contributed by atoms with Crippen LogP contribution in [0.25, 0.3) is 0 Å². The normalized spacial score (nSPS) is 21.4. The van der Waals surface area contributed by atoms with E-state index in [1.165, 1.54) is 22.4 Å². The number of hydrogen-bond acceptors (Lipinski definition) is 1. The van der Waals surface area contributed by atoms with Crippen LogP contribution >= 0.6 is 0 Å². The van der Waals surface area contributed by atoms with Crippen LogP contribution in [0.15, 0.2) is 72.5 Å². The highest BCUT2D eigenvalue weighted by Crippen LogP contribution is 2.39. The smallest absolute Gasteiger partial charge is 0.0727 e. The summed E-state index contributed by atoms with van der Waals surface area (Å²) >= 11 is 0. The summed E-state index contributed by atoms with van der Waals surface area (Å²) in [5.74, 6) is 0. The Morgan fingerprint density at radius 1 is 1.40 bits per heavy atom. The predicted octanol–water partition coefficient (Wildman–Crippen LogP) is 5.18. The zero-order valence-corrected chi connectivity index (χ0v) is 13.2. The molecular formula is C19H27N. The number of allylic oxidation sites excluding steroid dienone is 4. The standard InChI is InChI=1S/C17H21N.C2H6/c1-5-10-14(6-2)17-13(4)16-11-8-9-12-18(16)15(17)7-3;1-2/h6-8,10-11,16H,2-5,9,12H2,1H3;1-2H3/b14-10-;. The van der Waals surface area contributed by atoms with E-state index in [0.717, 1.165) is 19.4 Å². The first-order valence-corrected chi connectivity index (χ1v) is 7.56. The van der Waals surface area contributed by atoms with Crippen LogP contribution in [0.5, 0.6) is 0 Å². The van der Waals surface area contributed by atoms with Crippen molar-refractivity contribution < 1.29 is 0 Å². The van der Waals surface area contributed by atoms with Crippen molar-refractivity contribution in [3.8, 4) is 0 Å². The van der Waals surface area contributed by atoms with E-state index in [1.54, 1.807) is 0 Å². The molecule has 2 rings (SSSR count). The summed E-state index contributed by atoms with van der Waals surface area (Å²) in [4.78, 5) is 2.39. The molecule has 2 heterocycles. The zero-order chi connectivity index (χ0) is 15.1. The van der Waals surface area contributed by atoms with Gasteiger partial charge in [0.25, 0.3) is 0 Å². The Morgan fingerprint density at radius 2 is 2.10 bits per heavy atom. The molecule has 1 atom stereocenters. The lowest BCUT2D eigenvalue weighted by Crippen LogP contribution is -2.31. The number of nitrogens with zero attached hydrogens (tertiary/aromatic N) is 1. The summed E-state index contributed by atoms with van der Waals surface area (Å²) in [6.07, 6.45) is 12.7. The molecule has 0 bridgehead atoms. The predicted molar refractivity (Wildman–Crippen MR) is 90.5 cm³/mol. The molecule has 0 aromatic carbocycles. The van der Waals surface area contributed by atoms with Crippen molar-refractivity contribution in [1.82, 2.24) is 4.90 Å². The molecule has 0 aliphatic carbocycles. The van der Waals surface area contributed by atoms with Crippen LogP contribution in [0, 0.1) is 0 Å². The Hall–Kier alpha value is -1.76. The molecule has 0 fully saturated rings. The molecule has 0 radical (unpaired) electrons. The fourth-order valence-corrected chi connectivity index (χ4v) is 2.77. The van der Waals surface area contributed by atoms with E-state index >= 15 is 0 Å². The van der Waals surface area contributed by atoms with E-state index < -0.39 is 0 Å². The van der Waals surface area contributed by atoms with Gasteiger partial charge in [0, 0.05) is 17.8 Å². The zero-order valence-electron chi connectivity index (χ0n) is 13.2. The number of fused-ring (bicyclic) bond motifs is 1. The molecule has 0 amide bonds. The molecule has 1 nitrogen and oxygen atoms in total. The van der Waals surface area contributed by atoms with Crippen LogP contribution in [0.4, 0.5) is 0 Å². The van der Waals surface area contributed by atoms with E-state index in [2.05, 4.69) is 49.8 Å². The summed E-state index contributed by atoms with van der Waals surface area (Å²) in [6.45, 7) is 19.4. The van der Waals surface area contributed by atoms with E-state index in [1.807, 2.05) is 26.0 Å². The van der Waals surface area contributed by atoms with Crippen molar-refractivity contribution in [3.63, 3.8) is 0 Å². The van der Waals surface area contributed by atoms with Crippen LogP contribution in [0.2, 0.25) is 0 Å². The van der Waals surface area contributed by atoms with Crippen LogP contribution < -0.4 is 0 Å². The van der Waals surface area contributed by atoms with E-state index in [9.17, 15) is 0 Å². The molecule has 0 spiro atoms. The molecule has 0 N–H and O–H groups in total. The van der Waals surface area contributed by atoms with Crippen molar-refractivity contribution >= 4 is 0 Å². The van der Waals surface area contributed by atoms with Gasteiger partial charge in [-0.1, -0.05) is 64.8 Å². The topological polar surface area (TPSA) is 3.24 Å². The highest BCUT2D eigenvalue weighted by Gasteiger charge is 2.33. The minimum Gasteiger partial charge on any atom is -0.360 e. The van der Waals surface area contributed by atoms with Crippen molar-refractivity contribution in [2.24, 2.45) is 0 Å². The van der Waals surface area contributed by atoms with Gasteiger partial charge in [0.05, 0.1) is 6.04 Å². The van der Waals surface area contributed by atoms with Crippen molar-refractivity contribution in [1.29, 1.82) is 0 Å². The van der Waals surface area contributed by atoms with Crippen molar-refractivity contribution in [3.05, 3.63) is 72.5 Å². The van der Waals surface area contributed by atoms with E-state index in [4.69, 9.17) is 0 Å². The quantitative estimate of drug-likeness (QED) is 0.502. The van der Waals surface area contributed by atoms with Gasteiger partial charge in [0.15, 0.2) is 0 Å². The third-order valence-electron chi connectivity index (χ3n) is 3.56. The van der Waals surface area contributed by atoms with Crippen molar-refractivity contribution in [2.75, 3.05) is 6.54 Å². The minimum absolute atomic E-state index is 0.307. The average Bonchev–Trinajstić information content (AvgIpc) is 2.80. The Balaban J connectivity index is 0.000000956. The van der Waals surface area contributed by atoms with Crippen LogP contribution in [0.3, 0.4) is 0 Å². The Bertz CT molecular complexity index is 474. The summed E-state index contributed by atoms with van der Waals surface area (Å²) in [6, 6.07) is 0.307. The highest BCUT2D eigenvalue weighted by molar-refractivity contribution is 5.61. The fraction of sp³-hybridized carbons (Fsp3) is 0.368. The molecule has 0 saturated heterocycles. The van der Waals surface area contributed by atoms with Crippen LogP contribution in [-0.4, -0.2) is 17.5 Å². The largest absolute Gasteiger partial charge is 0.360 e. The molecule has 1 heteroatoms. The monoisotopic (exact) mass is 269 g/mol. The van der Waals surface area contributed by atoms with Gasteiger partial charge in [-0.15, -0.1) is 0 Å². The maximum absolute atomic E-state index is 4.28. The molecule has 1 unspecified atom stereocenters. The second-order valence-corrected chi connectivity index (χ2v) is 4.62. The van der Waals surface area contributed by atoms with Gasteiger partial charge < -0.3 is 4.90 Å². The summed E-state index contributed by atoms with van der Waals surface area (Å²) < 4.78 is 0. The second-order valence-electron chi connectivity index (χ2n) is 4.62. The summed E-state index contributed by atoms with van der Waals surface area (Å²) in [5.41, 5.74) is 4.77. The molecule has 0 aromatic heterocycles. The second kappa shape index (κ2) is 7.74. The number of hydrogen-bond donors (Lipinski definition) is 0. The Kier molecular flexibility index (Phi) is 6.30. The number of rotatable bonds is 4. The molecule has 2 aliphatic rings. The van der Waals surface area contributed by atoms with Crippen molar-refractivity contribution in [2.45, 2.75) is 39.7 Å². The van der Waals surface area contributed by atoms with Gasteiger partial charge in [0.1, 0.15) is 0 Å². The van der Waals surface area contributed by atoms with Gasteiger partial charge >= 0.3 is 0 Å². The lowest BCUT2D eigenvalue weighted by molar-refractivity contribution is 0.343. The molecule has 0 saturated carbocycles. The van der Waals surface area contributed by atoms with Gasteiger partial charge in [-0.2, -0.15) is 0 Å². The van der Waals surface area contributed by atoms with E-state index in [-0.39, 0.29) is 0 Å². The first-order chi connectivity index (χ1) is 9.74. The molecule has 0 aromatic rings. The third-order valence-corrected chi connectivity index (χ3v) is 3.56. The van der Waals surface area contributed by atoms with Gasteiger partial charge in [-0.3, -0.25) is 0 Å². The highest BCUT2D eigenvalue weighted by atomic mass is 15.2. The molecule has 20 heavy (non-hydrogen) atoms. The summed E-state index contributed by atoms with van der Waals surface area (Å²) in [7, 11) is 0. The average molecular weight is 269 g/mol. The lowest BCUT2D eigenvalue weighted by atomic mass is 9.94. The van der Waals surface area contributed by atoms with Gasteiger partial charge in [0.2, 0.25) is 0 Å². The first-order valence-electron chi connectivity index (χ1n) is 7.56. The summed E-state index contributed by atoms with van der Waals surface area (Å²) in [5, 5.41) is 0. The molecular weight excluding hydrogens is 242 g/mol. The van der Waals surface area contributed by atoms with Crippen LogP contribution in [-0.2, 0) is 0 Å². The maximum atomic E-state index is 4.28. The lowest BCUT2D eigenvalue weighted by Gasteiger charge is -2.29.